The van der Waals surface area contributed by atoms with Gasteiger partial charge < -0.3 is 14.8 Å². The number of benzene rings is 2. The second kappa shape index (κ2) is 9.54. The number of carbonyl (C=O) groups excluding carboxylic acids is 1. The van der Waals surface area contributed by atoms with Crippen LogP contribution in [0.1, 0.15) is 51.0 Å². The highest BCUT2D eigenvalue weighted by Crippen LogP contribution is 2.29. The SMILES string of the molecule is C[C@@H]1CCCC[C@H]1NC(=O)C1CCN(c2nc3ccccc3n2Cc2ccccc2F)CC1. The molecule has 33 heavy (non-hydrogen) atoms. The standard InChI is InChI=1S/C27H33FN4O/c1-19-8-2-5-11-23(19)29-26(33)20-14-16-31(17-15-20)27-30-24-12-6-7-13-25(24)32(27)18-21-9-3-4-10-22(21)28/h3-4,6-7,9-10,12-13,19-20,23H,2,5,8,11,14-18H2,1H3,(H,29,33)/t19-,23-/m1/s1. The third kappa shape index (κ3) is 4.61. The zero-order chi connectivity index (χ0) is 22.8. The molecule has 2 fully saturated rings. The van der Waals surface area contributed by atoms with Gasteiger partial charge in [-0.3, -0.25) is 4.79 Å². The lowest BCUT2D eigenvalue weighted by Gasteiger charge is -2.35. The lowest BCUT2D eigenvalue weighted by atomic mass is 9.85. The molecule has 1 aliphatic heterocycles. The maximum absolute atomic E-state index is 14.4. The van der Waals surface area contributed by atoms with Crippen molar-refractivity contribution in [1.82, 2.24) is 14.9 Å². The average Bonchev–Trinajstić information content (AvgIpc) is 3.20. The van der Waals surface area contributed by atoms with Crippen LogP contribution >= 0.6 is 0 Å². The van der Waals surface area contributed by atoms with E-state index in [0.717, 1.165) is 49.3 Å². The zero-order valence-electron chi connectivity index (χ0n) is 19.3. The van der Waals surface area contributed by atoms with Crippen LogP contribution in [0.25, 0.3) is 11.0 Å². The predicted octanol–water partition coefficient (Wildman–Crippen LogP) is 5.14. The van der Waals surface area contributed by atoms with Gasteiger partial charge in [-0.05, 0) is 49.8 Å². The van der Waals surface area contributed by atoms with E-state index in [2.05, 4.69) is 21.7 Å². The van der Waals surface area contributed by atoms with Gasteiger partial charge >= 0.3 is 0 Å². The lowest BCUT2D eigenvalue weighted by molar-refractivity contribution is -0.126. The molecular formula is C27H33FN4O. The van der Waals surface area contributed by atoms with E-state index in [1.54, 1.807) is 6.07 Å². The molecule has 5 nitrogen and oxygen atoms in total. The number of anilines is 1. The quantitative estimate of drug-likeness (QED) is 0.588. The van der Waals surface area contributed by atoms with Crippen LogP contribution in [0.4, 0.5) is 10.3 Å². The normalized spacial score (nSPS) is 21.9. The van der Waals surface area contributed by atoms with E-state index in [1.165, 1.54) is 25.3 Å². The number of hydrogen-bond acceptors (Lipinski definition) is 3. The summed E-state index contributed by atoms with van der Waals surface area (Å²) in [6.45, 7) is 4.24. The number of halogens is 1. The molecule has 0 spiro atoms. The Kier molecular flexibility index (Phi) is 6.34. The lowest BCUT2D eigenvalue weighted by Crippen LogP contribution is -2.47. The molecular weight excluding hydrogens is 415 g/mol. The zero-order valence-corrected chi connectivity index (χ0v) is 19.3. The predicted molar refractivity (Wildman–Crippen MR) is 130 cm³/mol. The molecule has 2 heterocycles. The highest BCUT2D eigenvalue weighted by molar-refractivity contribution is 5.80. The van der Waals surface area contributed by atoms with E-state index in [1.807, 2.05) is 36.4 Å². The molecule has 1 amide bonds. The van der Waals surface area contributed by atoms with Gasteiger partial charge in [0, 0.05) is 30.6 Å². The Balaban J connectivity index is 1.31. The second-order valence-electron chi connectivity index (χ2n) is 9.72. The smallest absolute Gasteiger partial charge is 0.223 e. The van der Waals surface area contributed by atoms with Crippen molar-refractivity contribution in [1.29, 1.82) is 0 Å². The minimum atomic E-state index is -0.200. The van der Waals surface area contributed by atoms with Gasteiger partial charge in [-0.25, -0.2) is 9.37 Å². The Morgan fingerprint density at radius 2 is 1.76 bits per heavy atom. The van der Waals surface area contributed by atoms with Crippen molar-refractivity contribution in [3.05, 3.63) is 59.9 Å². The summed E-state index contributed by atoms with van der Waals surface area (Å²) in [4.78, 5) is 20.1. The van der Waals surface area contributed by atoms with Crippen LogP contribution in [0, 0.1) is 17.7 Å². The Bertz CT molecular complexity index is 1120. The monoisotopic (exact) mass is 448 g/mol. The van der Waals surface area contributed by atoms with Crippen LogP contribution in [-0.4, -0.2) is 34.6 Å². The number of amides is 1. The summed E-state index contributed by atoms with van der Waals surface area (Å²) in [5.41, 5.74) is 2.56. The van der Waals surface area contributed by atoms with Crippen molar-refractivity contribution in [3.8, 4) is 0 Å². The van der Waals surface area contributed by atoms with Crippen molar-refractivity contribution in [2.75, 3.05) is 18.0 Å². The summed E-state index contributed by atoms with van der Waals surface area (Å²) in [5, 5.41) is 3.34. The van der Waals surface area contributed by atoms with Crippen LogP contribution in [0.5, 0.6) is 0 Å². The summed E-state index contributed by atoms with van der Waals surface area (Å²) in [7, 11) is 0. The number of aromatic nitrogens is 2. The molecule has 0 unspecified atom stereocenters. The third-order valence-corrected chi connectivity index (χ3v) is 7.51. The first kappa shape index (κ1) is 21.9. The molecule has 1 saturated heterocycles. The van der Waals surface area contributed by atoms with Crippen LogP contribution in [-0.2, 0) is 11.3 Å². The first-order valence-corrected chi connectivity index (χ1v) is 12.3. The van der Waals surface area contributed by atoms with Crippen molar-refractivity contribution >= 4 is 22.9 Å². The van der Waals surface area contributed by atoms with E-state index in [-0.39, 0.29) is 17.6 Å². The van der Waals surface area contributed by atoms with Crippen LogP contribution in [0.2, 0.25) is 0 Å². The van der Waals surface area contributed by atoms with Crippen molar-refractivity contribution in [2.45, 2.75) is 58.0 Å². The number of piperidine rings is 1. The van der Waals surface area contributed by atoms with Crippen molar-refractivity contribution < 1.29 is 9.18 Å². The first-order valence-electron chi connectivity index (χ1n) is 12.3. The van der Waals surface area contributed by atoms with E-state index < -0.39 is 0 Å². The molecule has 0 bridgehead atoms. The largest absolute Gasteiger partial charge is 0.353 e. The molecule has 2 aliphatic rings. The van der Waals surface area contributed by atoms with E-state index in [0.29, 0.717) is 24.1 Å². The molecule has 3 aromatic rings. The molecule has 1 N–H and O–H groups in total. The molecule has 174 valence electrons. The average molecular weight is 449 g/mol. The van der Waals surface area contributed by atoms with Crippen molar-refractivity contribution in [3.63, 3.8) is 0 Å². The summed E-state index contributed by atoms with van der Waals surface area (Å²) >= 11 is 0. The van der Waals surface area contributed by atoms with Crippen LogP contribution < -0.4 is 10.2 Å². The molecule has 2 aromatic carbocycles. The van der Waals surface area contributed by atoms with E-state index in [9.17, 15) is 9.18 Å². The number of rotatable bonds is 5. The number of nitrogens with one attached hydrogen (secondary N) is 1. The fourth-order valence-electron chi connectivity index (χ4n) is 5.43. The fraction of sp³-hybridized carbons (Fsp3) is 0.481. The summed E-state index contributed by atoms with van der Waals surface area (Å²) in [5.74, 6) is 1.50. The van der Waals surface area contributed by atoms with Gasteiger partial charge in [0.1, 0.15) is 5.82 Å². The van der Waals surface area contributed by atoms with Gasteiger partial charge in [0.2, 0.25) is 11.9 Å². The Labute approximate surface area is 195 Å². The van der Waals surface area contributed by atoms with Gasteiger partial charge in [0.25, 0.3) is 0 Å². The maximum Gasteiger partial charge on any atom is 0.223 e. The molecule has 5 rings (SSSR count). The van der Waals surface area contributed by atoms with E-state index in [4.69, 9.17) is 4.98 Å². The Hall–Kier alpha value is -2.89. The summed E-state index contributed by atoms with van der Waals surface area (Å²) in [6, 6.07) is 15.3. The number of para-hydroxylation sites is 2. The number of fused-ring (bicyclic) bond motifs is 1. The van der Waals surface area contributed by atoms with E-state index >= 15 is 0 Å². The highest BCUT2D eigenvalue weighted by atomic mass is 19.1. The third-order valence-electron chi connectivity index (χ3n) is 7.51. The molecule has 6 heteroatoms. The summed E-state index contributed by atoms with van der Waals surface area (Å²) in [6.07, 6.45) is 6.44. The van der Waals surface area contributed by atoms with Gasteiger partial charge in [-0.1, -0.05) is 50.1 Å². The summed E-state index contributed by atoms with van der Waals surface area (Å²) < 4.78 is 16.5. The first-order chi connectivity index (χ1) is 16.1. The number of carbonyl (C=O) groups is 1. The van der Waals surface area contributed by atoms with Crippen LogP contribution in [0.15, 0.2) is 48.5 Å². The highest BCUT2D eigenvalue weighted by Gasteiger charge is 2.30. The Morgan fingerprint density at radius 1 is 1.03 bits per heavy atom. The van der Waals surface area contributed by atoms with Gasteiger partial charge in [0.05, 0.1) is 17.6 Å². The van der Waals surface area contributed by atoms with Gasteiger partial charge in [-0.2, -0.15) is 0 Å². The molecule has 1 aromatic heterocycles. The minimum absolute atomic E-state index is 0.0553. The number of nitrogens with zero attached hydrogens (tertiary/aromatic N) is 3. The minimum Gasteiger partial charge on any atom is -0.353 e. The fourth-order valence-corrected chi connectivity index (χ4v) is 5.43. The number of imidazole rings is 1. The molecule has 2 atom stereocenters. The second-order valence-corrected chi connectivity index (χ2v) is 9.72. The van der Waals surface area contributed by atoms with Gasteiger partial charge in [0.15, 0.2) is 0 Å². The molecule has 0 radical (unpaired) electrons. The topological polar surface area (TPSA) is 50.2 Å². The van der Waals surface area contributed by atoms with Gasteiger partial charge in [-0.15, -0.1) is 0 Å². The Morgan fingerprint density at radius 3 is 2.55 bits per heavy atom. The number of hydrogen-bond donors (Lipinski definition) is 1. The van der Waals surface area contributed by atoms with Crippen LogP contribution in [0.3, 0.4) is 0 Å². The maximum atomic E-state index is 14.4. The molecule has 1 saturated carbocycles. The van der Waals surface area contributed by atoms with Crippen molar-refractivity contribution in [2.24, 2.45) is 11.8 Å². The molecule has 1 aliphatic carbocycles.